The highest BCUT2D eigenvalue weighted by atomic mass is 16.5. The molecule has 3 aromatic rings. The van der Waals surface area contributed by atoms with Crippen LogP contribution >= 0.6 is 0 Å². The van der Waals surface area contributed by atoms with E-state index in [1.165, 1.54) is 17.5 Å². The molecule has 1 heterocycles. The Balaban J connectivity index is 1.32. The Morgan fingerprint density at radius 3 is 2.77 bits per heavy atom. The summed E-state index contributed by atoms with van der Waals surface area (Å²) in [6.45, 7) is 0.525. The Morgan fingerprint density at radius 1 is 1.16 bits per heavy atom. The maximum Gasteiger partial charge on any atom is 0.277 e. The lowest BCUT2D eigenvalue weighted by Crippen LogP contribution is -2.29. The molecule has 8 heteroatoms. The van der Waals surface area contributed by atoms with Crippen molar-refractivity contribution in [2.24, 2.45) is 0 Å². The molecule has 1 amide bonds. The molecule has 31 heavy (non-hydrogen) atoms. The minimum Gasteiger partial charge on any atom is -0.493 e. The second-order valence-corrected chi connectivity index (χ2v) is 7.67. The van der Waals surface area contributed by atoms with Crippen LogP contribution < -0.4 is 20.3 Å². The first kappa shape index (κ1) is 20.8. The van der Waals surface area contributed by atoms with Crippen molar-refractivity contribution in [3.8, 4) is 11.5 Å². The molecule has 0 spiro atoms. The van der Waals surface area contributed by atoms with E-state index in [2.05, 4.69) is 15.6 Å². The van der Waals surface area contributed by atoms with Crippen LogP contribution in [0.2, 0.25) is 0 Å². The molecular weight excluding hydrogens is 396 g/mol. The van der Waals surface area contributed by atoms with E-state index >= 15 is 0 Å². The average molecular weight is 422 g/mol. The highest BCUT2D eigenvalue weighted by molar-refractivity contribution is 5.77. The first-order chi connectivity index (χ1) is 15.1. The zero-order chi connectivity index (χ0) is 21.6. The van der Waals surface area contributed by atoms with Gasteiger partial charge in [-0.05, 0) is 55.5 Å². The molecule has 1 aromatic heterocycles. The Labute approximate surface area is 180 Å². The molecule has 1 fully saturated rings. The van der Waals surface area contributed by atoms with Crippen molar-refractivity contribution < 1.29 is 14.3 Å². The van der Waals surface area contributed by atoms with Crippen molar-refractivity contribution in [2.45, 2.75) is 51.3 Å². The topological polar surface area (TPSA) is 95.3 Å². The lowest BCUT2D eigenvalue weighted by molar-refractivity contribution is -0.121. The standard InChI is InChI=1S/C23H26N4O4/c1-30-21-14-16(10-11-20(21)31-17-6-2-3-7-17)15-24-22(28)12-13-27-23(29)18-8-4-5-9-19(18)25-26-27/h4-5,8-11,14,17H,2-3,6-7,12-13,15H2,1H3,(H,24,28). The summed E-state index contributed by atoms with van der Waals surface area (Å²) in [7, 11) is 1.61. The van der Waals surface area contributed by atoms with Gasteiger partial charge in [-0.3, -0.25) is 9.59 Å². The number of carbonyl (C=O) groups is 1. The van der Waals surface area contributed by atoms with Crippen LogP contribution in [0.5, 0.6) is 11.5 Å². The number of nitrogens with zero attached hydrogens (tertiary/aromatic N) is 3. The van der Waals surface area contributed by atoms with Gasteiger partial charge in [0.2, 0.25) is 5.91 Å². The number of rotatable bonds is 8. The number of hydrogen-bond donors (Lipinski definition) is 1. The predicted molar refractivity (Wildman–Crippen MR) is 116 cm³/mol. The van der Waals surface area contributed by atoms with Crippen molar-refractivity contribution in [3.05, 3.63) is 58.4 Å². The third-order valence-corrected chi connectivity index (χ3v) is 5.49. The number of fused-ring (bicyclic) bond motifs is 1. The van der Waals surface area contributed by atoms with Crippen LogP contribution in [-0.4, -0.2) is 34.1 Å². The van der Waals surface area contributed by atoms with E-state index in [-0.39, 0.29) is 30.5 Å². The summed E-state index contributed by atoms with van der Waals surface area (Å²) in [6, 6.07) is 12.7. The molecule has 0 bridgehead atoms. The lowest BCUT2D eigenvalue weighted by Gasteiger charge is -2.16. The quantitative estimate of drug-likeness (QED) is 0.600. The van der Waals surface area contributed by atoms with Crippen molar-refractivity contribution in [2.75, 3.05) is 7.11 Å². The van der Waals surface area contributed by atoms with Crippen LogP contribution in [0.3, 0.4) is 0 Å². The van der Waals surface area contributed by atoms with E-state index in [4.69, 9.17) is 9.47 Å². The Hall–Kier alpha value is -3.42. The Kier molecular flexibility index (Phi) is 6.45. The van der Waals surface area contributed by atoms with E-state index in [0.29, 0.717) is 23.2 Å². The molecule has 0 aliphatic heterocycles. The summed E-state index contributed by atoms with van der Waals surface area (Å²) in [6.07, 6.45) is 4.94. The molecule has 1 aliphatic carbocycles. The Morgan fingerprint density at radius 2 is 1.97 bits per heavy atom. The summed E-state index contributed by atoms with van der Waals surface area (Å²) in [4.78, 5) is 24.7. The molecule has 0 atom stereocenters. The number of amides is 1. The van der Waals surface area contributed by atoms with Crippen LogP contribution in [-0.2, 0) is 17.9 Å². The van der Waals surface area contributed by atoms with Gasteiger partial charge in [0.25, 0.3) is 5.56 Å². The molecule has 162 valence electrons. The third-order valence-electron chi connectivity index (χ3n) is 5.49. The van der Waals surface area contributed by atoms with Gasteiger partial charge in [0.15, 0.2) is 11.5 Å². The fraction of sp³-hybridized carbons (Fsp3) is 0.391. The minimum atomic E-state index is -0.249. The lowest BCUT2D eigenvalue weighted by atomic mass is 10.2. The predicted octanol–water partition coefficient (Wildman–Crippen LogP) is 2.83. The molecular formula is C23H26N4O4. The van der Waals surface area contributed by atoms with Crippen LogP contribution in [0, 0.1) is 0 Å². The summed E-state index contributed by atoms with van der Waals surface area (Å²) >= 11 is 0. The largest absolute Gasteiger partial charge is 0.493 e. The van der Waals surface area contributed by atoms with E-state index in [1.54, 1.807) is 31.4 Å². The summed E-state index contributed by atoms with van der Waals surface area (Å²) < 4.78 is 12.7. The van der Waals surface area contributed by atoms with Crippen molar-refractivity contribution in [3.63, 3.8) is 0 Å². The fourth-order valence-corrected chi connectivity index (χ4v) is 3.77. The molecule has 8 nitrogen and oxygen atoms in total. The van der Waals surface area contributed by atoms with Crippen LogP contribution in [0.1, 0.15) is 37.7 Å². The van der Waals surface area contributed by atoms with Gasteiger partial charge in [-0.25, -0.2) is 4.68 Å². The van der Waals surface area contributed by atoms with Gasteiger partial charge in [-0.2, -0.15) is 0 Å². The first-order valence-corrected chi connectivity index (χ1v) is 10.6. The number of hydrogen-bond acceptors (Lipinski definition) is 6. The first-order valence-electron chi connectivity index (χ1n) is 10.6. The van der Waals surface area contributed by atoms with E-state index in [1.807, 2.05) is 18.2 Å². The third kappa shape index (κ3) is 5.02. The number of ether oxygens (including phenoxy) is 2. The highest BCUT2D eigenvalue weighted by Gasteiger charge is 2.18. The van der Waals surface area contributed by atoms with Crippen LogP contribution in [0.15, 0.2) is 47.3 Å². The average Bonchev–Trinajstić information content (AvgIpc) is 3.31. The van der Waals surface area contributed by atoms with Gasteiger partial charge >= 0.3 is 0 Å². The molecule has 1 aliphatic rings. The summed E-state index contributed by atoms with van der Waals surface area (Å²) in [5.74, 6) is 1.22. The number of methoxy groups -OCH3 is 1. The van der Waals surface area contributed by atoms with Gasteiger partial charge in [0, 0.05) is 13.0 Å². The van der Waals surface area contributed by atoms with Crippen molar-refractivity contribution in [1.82, 2.24) is 20.3 Å². The SMILES string of the molecule is COc1cc(CNC(=O)CCn2nnc3ccccc3c2=O)ccc1OC1CCCC1. The smallest absolute Gasteiger partial charge is 0.277 e. The second-order valence-electron chi connectivity index (χ2n) is 7.67. The molecule has 1 saturated carbocycles. The van der Waals surface area contributed by atoms with E-state index < -0.39 is 0 Å². The number of aryl methyl sites for hydroxylation is 1. The number of nitrogens with one attached hydrogen (secondary N) is 1. The number of aromatic nitrogens is 3. The van der Waals surface area contributed by atoms with E-state index in [9.17, 15) is 9.59 Å². The maximum absolute atomic E-state index is 12.4. The van der Waals surface area contributed by atoms with Gasteiger partial charge in [0.05, 0.1) is 25.1 Å². The zero-order valence-corrected chi connectivity index (χ0v) is 17.5. The van der Waals surface area contributed by atoms with Crippen LogP contribution in [0.4, 0.5) is 0 Å². The molecule has 4 rings (SSSR count). The molecule has 0 saturated heterocycles. The number of carbonyl (C=O) groups excluding carboxylic acids is 1. The van der Waals surface area contributed by atoms with E-state index in [0.717, 1.165) is 24.2 Å². The Bertz CT molecular complexity index is 1120. The molecule has 0 unspecified atom stereocenters. The zero-order valence-electron chi connectivity index (χ0n) is 17.5. The summed E-state index contributed by atoms with van der Waals surface area (Å²) in [5.41, 5.74) is 1.20. The van der Waals surface area contributed by atoms with Gasteiger partial charge in [-0.15, -0.1) is 5.10 Å². The van der Waals surface area contributed by atoms with Gasteiger partial charge in [-0.1, -0.05) is 23.4 Å². The van der Waals surface area contributed by atoms with Gasteiger partial charge < -0.3 is 14.8 Å². The minimum absolute atomic E-state index is 0.132. The molecule has 1 N–H and O–H groups in total. The highest BCUT2D eigenvalue weighted by Crippen LogP contribution is 2.32. The number of benzene rings is 2. The van der Waals surface area contributed by atoms with Crippen LogP contribution in [0.25, 0.3) is 10.9 Å². The fourth-order valence-electron chi connectivity index (χ4n) is 3.77. The van der Waals surface area contributed by atoms with Gasteiger partial charge in [0.1, 0.15) is 5.52 Å². The summed E-state index contributed by atoms with van der Waals surface area (Å²) in [5, 5.41) is 11.3. The molecule has 2 aromatic carbocycles. The molecule has 0 radical (unpaired) electrons. The maximum atomic E-state index is 12.4. The monoisotopic (exact) mass is 422 g/mol. The second kappa shape index (κ2) is 9.59. The van der Waals surface area contributed by atoms with Crippen molar-refractivity contribution >= 4 is 16.8 Å². The normalized spacial score (nSPS) is 14.0. The van der Waals surface area contributed by atoms with Crippen molar-refractivity contribution in [1.29, 1.82) is 0 Å².